The fourth-order valence-electron chi connectivity index (χ4n) is 3.42. The summed E-state index contributed by atoms with van der Waals surface area (Å²) >= 11 is 7.58. The van der Waals surface area contributed by atoms with Gasteiger partial charge in [0, 0.05) is 22.6 Å². The highest BCUT2D eigenvalue weighted by molar-refractivity contribution is 7.99. The quantitative estimate of drug-likeness (QED) is 0.405. The van der Waals surface area contributed by atoms with Crippen molar-refractivity contribution in [1.29, 1.82) is 0 Å². The van der Waals surface area contributed by atoms with E-state index in [1.165, 1.54) is 28.8 Å². The van der Waals surface area contributed by atoms with Gasteiger partial charge in [0.15, 0.2) is 5.69 Å². The van der Waals surface area contributed by atoms with E-state index >= 15 is 0 Å². The number of amides is 1. The van der Waals surface area contributed by atoms with Crippen LogP contribution in [-0.4, -0.2) is 26.8 Å². The number of thioether (sulfide) groups is 1. The lowest BCUT2D eigenvalue weighted by Gasteiger charge is -2.30. The van der Waals surface area contributed by atoms with Gasteiger partial charge < -0.3 is 4.74 Å². The first-order valence-corrected chi connectivity index (χ1v) is 11.4. The molecule has 0 spiro atoms. The van der Waals surface area contributed by atoms with Gasteiger partial charge in [-0.15, -0.1) is 10.2 Å². The number of hydrogen-bond acceptors (Lipinski definition) is 6. The van der Waals surface area contributed by atoms with Crippen LogP contribution in [0.25, 0.3) is 11.3 Å². The number of alkyl halides is 3. The highest BCUT2D eigenvalue weighted by atomic mass is 35.5. The Morgan fingerprint density at radius 2 is 1.88 bits per heavy atom. The van der Waals surface area contributed by atoms with E-state index in [4.69, 9.17) is 16.3 Å². The maximum absolute atomic E-state index is 13.1. The summed E-state index contributed by atoms with van der Waals surface area (Å²) < 4.78 is 45.5. The molecule has 1 aliphatic rings. The first-order chi connectivity index (χ1) is 15.7. The van der Waals surface area contributed by atoms with Crippen LogP contribution in [0.4, 0.5) is 18.9 Å². The number of halogens is 4. The molecule has 1 aromatic heterocycles. The number of hydrogen-bond donors (Lipinski definition) is 0. The van der Waals surface area contributed by atoms with Gasteiger partial charge in [-0.3, -0.25) is 9.69 Å². The minimum atomic E-state index is -4.48. The zero-order valence-corrected chi connectivity index (χ0v) is 19.1. The van der Waals surface area contributed by atoms with Gasteiger partial charge >= 0.3 is 6.18 Å². The largest absolute Gasteiger partial charge is 0.447 e. The molecular formula is C22H18ClF3N4O2S. The average molecular weight is 495 g/mol. The summed E-state index contributed by atoms with van der Waals surface area (Å²) in [7, 11) is 0. The molecule has 2 heterocycles. The third-order valence-corrected chi connectivity index (χ3v) is 5.89. The molecular weight excluding hydrogens is 477 g/mol. The lowest BCUT2D eigenvalue weighted by Crippen LogP contribution is -2.37. The second-order valence-corrected chi connectivity index (χ2v) is 8.72. The summed E-state index contributed by atoms with van der Waals surface area (Å²) in [4.78, 5) is 18.9. The monoisotopic (exact) mass is 494 g/mol. The number of carbonyl (C=O) groups is 1. The molecule has 33 heavy (non-hydrogen) atoms. The van der Waals surface area contributed by atoms with Crippen molar-refractivity contribution in [2.24, 2.45) is 0 Å². The minimum absolute atomic E-state index is 0.112. The summed E-state index contributed by atoms with van der Waals surface area (Å²) in [6.07, 6.45) is -5.42. The minimum Gasteiger partial charge on any atom is -0.447 e. The van der Waals surface area contributed by atoms with Crippen LogP contribution < -0.4 is 9.64 Å². The molecule has 1 unspecified atom stereocenters. The average Bonchev–Trinajstić information content (AvgIpc) is 2.92. The number of nitrogens with zero attached hydrogens (tertiary/aromatic N) is 4. The normalized spacial score (nSPS) is 15.3. The van der Waals surface area contributed by atoms with Gasteiger partial charge in [0.25, 0.3) is 0 Å². The molecule has 0 fully saturated rings. The van der Waals surface area contributed by atoms with Crippen LogP contribution in [0, 0.1) is 0 Å². The van der Waals surface area contributed by atoms with Crippen molar-refractivity contribution in [2.75, 3.05) is 10.7 Å². The first-order valence-electron chi connectivity index (χ1n) is 10.1. The van der Waals surface area contributed by atoms with E-state index in [0.29, 0.717) is 32.7 Å². The lowest BCUT2D eigenvalue weighted by molar-refractivity contribution is -0.137. The van der Waals surface area contributed by atoms with Gasteiger partial charge in [-0.05, 0) is 36.1 Å². The molecule has 4 rings (SSSR count). The van der Waals surface area contributed by atoms with Crippen molar-refractivity contribution in [2.45, 2.75) is 37.8 Å². The van der Waals surface area contributed by atoms with Gasteiger partial charge in [0.05, 0.1) is 11.3 Å². The molecule has 2 aromatic carbocycles. The zero-order valence-electron chi connectivity index (χ0n) is 17.6. The molecule has 0 N–H and O–H groups in total. The molecule has 0 saturated heterocycles. The Hall–Kier alpha value is -2.85. The van der Waals surface area contributed by atoms with Crippen molar-refractivity contribution in [3.63, 3.8) is 0 Å². The predicted molar refractivity (Wildman–Crippen MR) is 119 cm³/mol. The van der Waals surface area contributed by atoms with Gasteiger partial charge in [-0.25, -0.2) is 0 Å². The summed E-state index contributed by atoms with van der Waals surface area (Å²) in [6.45, 7) is 3.62. The number of ether oxygens (including phenoxy) is 1. The molecule has 172 valence electrons. The number of rotatable bonds is 4. The smallest absolute Gasteiger partial charge is 0.416 e. The summed E-state index contributed by atoms with van der Waals surface area (Å²) in [6, 6.07) is 9.40. The molecule has 6 nitrogen and oxygen atoms in total. The Bertz CT molecular complexity index is 1190. The van der Waals surface area contributed by atoms with Crippen molar-refractivity contribution < 1.29 is 22.7 Å². The van der Waals surface area contributed by atoms with E-state index < -0.39 is 18.0 Å². The van der Waals surface area contributed by atoms with Gasteiger partial charge in [-0.1, -0.05) is 49.3 Å². The highest BCUT2D eigenvalue weighted by Crippen LogP contribution is 2.45. The lowest BCUT2D eigenvalue weighted by atomic mass is 10.1. The van der Waals surface area contributed by atoms with Crippen LogP contribution in [0.5, 0.6) is 5.88 Å². The summed E-state index contributed by atoms with van der Waals surface area (Å²) in [5.74, 6) is 0.513. The maximum atomic E-state index is 13.1. The van der Waals surface area contributed by atoms with Crippen molar-refractivity contribution in [3.05, 3.63) is 58.6 Å². The fraction of sp³-hybridized carbons (Fsp3) is 0.273. The Kier molecular flexibility index (Phi) is 6.49. The zero-order chi connectivity index (χ0) is 23.8. The molecule has 3 aromatic rings. The SMILES string of the molecule is CCSc1nnc2c(n1)OC(c1ccc(C(F)(F)F)cc1)N(C(=O)CC)c1ccc(Cl)cc1-2. The van der Waals surface area contributed by atoms with Crippen LogP contribution >= 0.6 is 23.4 Å². The molecule has 0 bridgehead atoms. The number of carbonyl (C=O) groups excluding carboxylic acids is 1. The van der Waals surface area contributed by atoms with E-state index in [0.717, 1.165) is 12.1 Å². The third-order valence-electron chi connectivity index (χ3n) is 4.93. The third kappa shape index (κ3) is 4.63. The first kappa shape index (κ1) is 23.3. The maximum Gasteiger partial charge on any atom is 0.416 e. The molecule has 1 aliphatic heterocycles. The van der Waals surface area contributed by atoms with Crippen molar-refractivity contribution in [3.8, 4) is 17.1 Å². The highest BCUT2D eigenvalue weighted by Gasteiger charge is 2.36. The number of aromatic nitrogens is 3. The van der Waals surface area contributed by atoms with E-state index in [2.05, 4.69) is 15.2 Å². The number of fused-ring (bicyclic) bond motifs is 3. The van der Waals surface area contributed by atoms with E-state index in [1.807, 2.05) is 6.92 Å². The Labute approximate surface area is 197 Å². The summed E-state index contributed by atoms with van der Waals surface area (Å²) in [5, 5.41) is 9.18. The standard InChI is InChI=1S/C22H18ClF3N4O2S/c1-3-17(31)30-16-10-9-14(23)11-15(16)18-19(27-21(29-28-18)33-4-2)32-20(30)12-5-7-13(8-6-12)22(24,25)26/h5-11,20H,3-4H2,1-2H3. The second-order valence-electron chi connectivity index (χ2n) is 7.05. The molecule has 0 aliphatic carbocycles. The number of benzene rings is 2. The number of anilines is 1. The van der Waals surface area contributed by atoms with Gasteiger partial charge in [0.2, 0.25) is 23.2 Å². The topological polar surface area (TPSA) is 68.2 Å². The van der Waals surface area contributed by atoms with Crippen LogP contribution in [0.15, 0.2) is 47.6 Å². The van der Waals surface area contributed by atoms with E-state index in [1.54, 1.807) is 25.1 Å². The summed E-state index contributed by atoms with van der Waals surface area (Å²) in [5.41, 5.74) is 0.772. The molecule has 1 amide bonds. The molecule has 0 radical (unpaired) electrons. The van der Waals surface area contributed by atoms with Crippen LogP contribution in [-0.2, 0) is 11.0 Å². The van der Waals surface area contributed by atoms with Gasteiger partial charge in [0.1, 0.15) is 0 Å². The van der Waals surface area contributed by atoms with Crippen LogP contribution in [0.2, 0.25) is 5.02 Å². The van der Waals surface area contributed by atoms with Crippen LogP contribution in [0.1, 0.15) is 37.6 Å². The van der Waals surface area contributed by atoms with Gasteiger partial charge in [-0.2, -0.15) is 18.2 Å². The van der Waals surface area contributed by atoms with Crippen molar-refractivity contribution in [1.82, 2.24) is 15.2 Å². The van der Waals surface area contributed by atoms with E-state index in [-0.39, 0.29) is 23.9 Å². The Morgan fingerprint density at radius 1 is 1.15 bits per heavy atom. The van der Waals surface area contributed by atoms with Crippen LogP contribution in [0.3, 0.4) is 0 Å². The Morgan fingerprint density at radius 3 is 2.52 bits per heavy atom. The second kappa shape index (κ2) is 9.18. The fourth-order valence-corrected chi connectivity index (χ4v) is 4.10. The molecule has 11 heteroatoms. The van der Waals surface area contributed by atoms with Crippen molar-refractivity contribution >= 4 is 35.0 Å². The molecule has 1 atom stereocenters. The Balaban J connectivity index is 1.92. The molecule has 0 saturated carbocycles. The van der Waals surface area contributed by atoms with E-state index in [9.17, 15) is 18.0 Å². The predicted octanol–water partition coefficient (Wildman–Crippen LogP) is 6.16.